The Hall–Kier alpha value is -0.300. The summed E-state index contributed by atoms with van der Waals surface area (Å²) >= 11 is 3.70. The monoisotopic (exact) mass is 408 g/mol. The summed E-state index contributed by atoms with van der Waals surface area (Å²) in [6.45, 7) is 6.93. The molecule has 1 unspecified atom stereocenters. The average Bonchev–Trinajstić information content (AvgIpc) is 2.61. The van der Waals surface area contributed by atoms with Gasteiger partial charge >= 0.3 is 0 Å². The Labute approximate surface area is 166 Å². The van der Waals surface area contributed by atoms with Crippen LogP contribution in [0.3, 0.4) is 0 Å². The van der Waals surface area contributed by atoms with E-state index in [1.165, 1.54) is 94.4 Å². The maximum atomic E-state index is 3.70. The van der Waals surface area contributed by atoms with Crippen molar-refractivity contribution in [3.05, 3.63) is 33.8 Å². The van der Waals surface area contributed by atoms with Gasteiger partial charge < -0.3 is 0 Å². The Morgan fingerprint density at radius 3 is 2.00 bits per heavy atom. The summed E-state index contributed by atoms with van der Waals surface area (Å²) in [5.74, 6) is 0.769. The van der Waals surface area contributed by atoms with E-state index in [2.05, 4.69) is 54.9 Å². The van der Waals surface area contributed by atoms with E-state index in [-0.39, 0.29) is 0 Å². The molecule has 1 aromatic carbocycles. The summed E-state index contributed by atoms with van der Waals surface area (Å²) < 4.78 is 1.25. The fourth-order valence-corrected chi connectivity index (χ4v) is 4.31. The zero-order chi connectivity index (χ0) is 18.3. The quantitative estimate of drug-likeness (QED) is 0.253. The van der Waals surface area contributed by atoms with Crippen LogP contribution < -0.4 is 0 Å². The predicted octanol–water partition coefficient (Wildman–Crippen LogP) is 9.21. The molecule has 0 aliphatic rings. The number of rotatable bonds is 15. The molecule has 0 saturated heterocycles. The van der Waals surface area contributed by atoms with Gasteiger partial charge in [0.25, 0.3) is 0 Å². The van der Waals surface area contributed by atoms with Gasteiger partial charge in [-0.25, -0.2) is 0 Å². The van der Waals surface area contributed by atoms with Crippen molar-refractivity contribution in [3.63, 3.8) is 0 Å². The van der Waals surface area contributed by atoms with E-state index >= 15 is 0 Å². The first kappa shape index (κ1) is 22.7. The van der Waals surface area contributed by atoms with E-state index in [0.29, 0.717) is 0 Å². The molecule has 0 aromatic heterocycles. The molecular weight excluding hydrogens is 368 g/mol. The smallest absolute Gasteiger partial charge is 0.0178 e. The molecule has 1 atom stereocenters. The molecule has 0 saturated carbocycles. The van der Waals surface area contributed by atoms with Crippen molar-refractivity contribution >= 4 is 15.9 Å². The van der Waals surface area contributed by atoms with Crippen LogP contribution in [0.4, 0.5) is 0 Å². The molecule has 0 aliphatic heterocycles. The maximum absolute atomic E-state index is 3.70. The topological polar surface area (TPSA) is 0 Å². The molecule has 0 bridgehead atoms. The largest absolute Gasteiger partial charge is 0.0654 e. The van der Waals surface area contributed by atoms with Crippen molar-refractivity contribution in [3.8, 4) is 0 Å². The summed E-state index contributed by atoms with van der Waals surface area (Å²) in [5, 5.41) is 0. The zero-order valence-corrected chi connectivity index (χ0v) is 18.7. The van der Waals surface area contributed by atoms with Gasteiger partial charge in [-0.15, -0.1) is 0 Å². The SMILES string of the molecule is CCCCCCCc1cc(Br)ccc1C(CCC)CCCCCCC. The molecule has 0 aliphatic carbocycles. The highest BCUT2D eigenvalue weighted by molar-refractivity contribution is 9.10. The normalized spacial score (nSPS) is 12.5. The van der Waals surface area contributed by atoms with Gasteiger partial charge in [0, 0.05) is 4.47 Å². The molecule has 0 heterocycles. The molecule has 25 heavy (non-hydrogen) atoms. The minimum absolute atomic E-state index is 0.769. The van der Waals surface area contributed by atoms with Gasteiger partial charge in [-0.1, -0.05) is 107 Å². The Kier molecular flexibility index (Phi) is 13.5. The van der Waals surface area contributed by atoms with E-state index in [1.807, 2.05) is 0 Å². The number of halogens is 1. The lowest BCUT2D eigenvalue weighted by Gasteiger charge is -2.21. The summed E-state index contributed by atoms with van der Waals surface area (Å²) in [5.41, 5.74) is 3.26. The first-order chi connectivity index (χ1) is 12.2. The fourth-order valence-electron chi connectivity index (χ4n) is 3.91. The van der Waals surface area contributed by atoms with Crippen LogP contribution in [0.5, 0.6) is 0 Å². The van der Waals surface area contributed by atoms with Gasteiger partial charge in [0.15, 0.2) is 0 Å². The van der Waals surface area contributed by atoms with Crippen LogP contribution >= 0.6 is 15.9 Å². The minimum Gasteiger partial charge on any atom is -0.0654 e. The number of aryl methyl sites for hydroxylation is 1. The van der Waals surface area contributed by atoms with Crippen molar-refractivity contribution in [2.75, 3.05) is 0 Å². The van der Waals surface area contributed by atoms with Crippen LogP contribution in [0.1, 0.15) is 121 Å². The highest BCUT2D eigenvalue weighted by atomic mass is 79.9. The van der Waals surface area contributed by atoms with Crippen molar-refractivity contribution in [1.82, 2.24) is 0 Å². The highest BCUT2D eigenvalue weighted by Crippen LogP contribution is 2.32. The Balaban J connectivity index is 2.65. The number of benzene rings is 1. The van der Waals surface area contributed by atoms with Crippen molar-refractivity contribution < 1.29 is 0 Å². The zero-order valence-electron chi connectivity index (χ0n) is 17.1. The third-order valence-electron chi connectivity index (χ3n) is 5.39. The standard InChI is InChI=1S/C24H41Br/c1-4-7-9-11-13-16-21(15-6-3)24-19-18-23(25)20-22(24)17-14-12-10-8-5-2/h18-21H,4-17H2,1-3H3. The Morgan fingerprint density at radius 2 is 1.36 bits per heavy atom. The van der Waals surface area contributed by atoms with E-state index in [1.54, 1.807) is 11.1 Å². The van der Waals surface area contributed by atoms with Gasteiger partial charge in [-0.2, -0.15) is 0 Å². The molecule has 0 nitrogen and oxygen atoms in total. The summed E-state index contributed by atoms with van der Waals surface area (Å²) in [6.07, 6.45) is 19.1. The van der Waals surface area contributed by atoms with E-state index in [9.17, 15) is 0 Å². The molecule has 0 N–H and O–H groups in total. The van der Waals surface area contributed by atoms with Crippen molar-refractivity contribution in [1.29, 1.82) is 0 Å². The molecule has 0 radical (unpaired) electrons. The fraction of sp³-hybridized carbons (Fsp3) is 0.750. The lowest BCUT2D eigenvalue weighted by Crippen LogP contribution is -2.04. The second-order valence-electron chi connectivity index (χ2n) is 7.70. The lowest BCUT2D eigenvalue weighted by molar-refractivity contribution is 0.512. The lowest BCUT2D eigenvalue weighted by atomic mass is 9.85. The number of unbranched alkanes of at least 4 members (excludes halogenated alkanes) is 8. The summed E-state index contributed by atoms with van der Waals surface area (Å²) in [6, 6.07) is 7.07. The van der Waals surface area contributed by atoms with Gasteiger partial charge in [0.1, 0.15) is 0 Å². The molecule has 144 valence electrons. The van der Waals surface area contributed by atoms with Crippen LogP contribution in [0, 0.1) is 0 Å². The molecule has 1 rings (SSSR count). The maximum Gasteiger partial charge on any atom is 0.0178 e. The van der Waals surface area contributed by atoms with Crippen LogP contribution in [-0.4, -0.2) is 0 Å². The minimum atomic E-state index is 0.769. The van der Waals surface area contributed by atoms with Crippen LogP contribution in [0.15, 0.2) is 22.7 Å². The average molecular weight is 409 g/mol. The first-order valence-corrected chi connectivity index (χ1v) is 11.8. The molecule has 1 aromatic rings. The second-order valence-corrected chi connectivity index (χ2v) is 8.61. The molecule has 0 amide bonds. The van der Waals surface area contributed by atoms with E-state index < -0.39 is 0 Å². The number of hydrogen-bond donors (Lipinski definition) is 0. The third-order valence-corrected chi connectivity index (χ3v) is 5.88. The second kappa shape index (κ2) is 14.8. The van der Waals surface area contributed by atoms with Crippen molar-refractivity contribution in [2.24, 2.45) is 0 Å². The molecular formula is C24H41Br. The highest BCUT2D eigenvalue weighted by Gasteiger charge is 2.15. The molecule has 0 fully saturated rings. The van der Waals surface area contributed by atoms with Gasteiger partial charge in [-0.3, -0.25) is 0 Å². The first-order valence-electron chi connectivity index (χ1n) is 11.0. The van der Waals surface area contributed by atoms with Gasteiger partial charge in [0.2, 0.25) is 0 Å². The van der Waals surface area contributed by atoms with Crippen molar-refractivity contribution in [2.45, 2.75) is 117 Å². The molecule has 1 heteroatoms. The van der Waals surface area contributed by atoms with Crippen LogP contribution in [-0.2, 0) is 6.42 Å². The third kappa shape index (κ3) is 9.83. The van der Waals surface area contributed by atoms with Crippen LogP contribution in [0.2, 0.25) is 0 Å². The Bertz CT molecular complexity index is 438. The predicted molar refractivity (Wildman–Crippen MR) is 118 cm³/mol. The summed E-state index contributed by atoms with van der Waals surface area (Å²) in [7, 11) is 0. The number of hydrogen-bond acceptors (Lipinski definition) is 0. The van der Waals surface area contributed by atoms with Gasteiger partial charge in [0.05, 0.1) is 0 Å². The Morgan fingerprint density at radius 1 is 0.720 bits per heavy atom. The van der Waals surface area contributed by atoms with Gasteiger partial charge in [-0.05, 0) is 54.9 Å². The van der Waals surface area contributed by atoms with E-state index in [0.717, 1.165) is 5.92 Å². The summed E-state index contributed by atoms with van der Waals surface area (Å²) in [4.78, 5) is 0. The van der Waals surface area contributed by atoms with E-state index in [4.69, 9.17) is 0 Å². The molecule has 0 spiro atoms. The van der Waals surface area contributed by atoms with Crippen LogP contribution in [0.25, 0.3) is 0 Å².